The smallest absolute Gasteiger partial charge is 0.262 e. The van der Waals surface area contributed by atoms with Gasteiger partial charge in [0.1, 0.15) is 0 Å². The Kier molecular flexibility index (Phi) is 4.95. The summed E-state index contributed by atoms with van der Waals surface area (Å²) in [7, 11) is 0. The fourth-order valence-corrected chi connectivity index (χ4v) is 2.04. The molecule has 0 heterocycles. The van der Waals surface area contributed by atoms with Gasteiger partial charge in [0, 0.05) is 0 Å². The lowest BCUT2D eigenvalue weighted by atomic mass is 10.1. The van der Waals surface area contributed by atoms with Gasteiger partial charge in [0.25, 0.3) is 11.8 Å². The van der Waals surface area contributed by atoms with Crippen molar-refractivity contribution < 1.29 is 18.7 Å². The number of primary amides is 1. The van der Waals surface area contributed by atoms with E-state index in [2.05, 4.69) is 5.32 Å². The van der Waals surface area contributed by atoms with E-state index in [1.807, 2.05) is 0 Å². The van der Waals surface area contributed by atoms with Crippen molar-refractivity contribution in [3.8, 4) is 5.75 Å². The van der Waals surface area contributed by atoms with Gasteiger partial charge in [-0.05, 0) is 24.3 Å². The normalized spacial score (nSPS) is 10.1. The number of rotatable bonds is 5. The lowest BCUT2D eigenvalue weighted by Crippen LogP contribution is -2.23. The van der Waals surface area contributed by atoms with Crippen LogP contribution in [0.15, 0.2) is 42.5 Å². The molecular formula is C15H12ClFN2O3. The molecule has 0 aromatic heterocycles. The van der Waals surface area contributed by atoms with Crippen molar-refractivity contribution in [1.82, 2.24) is 0 Å². The molecule has 0 unspecified atom stereocenters. The molecular weight excluding hydrogens is 311 g/mol. The predicted octanol–water partition coefficient (Wildman–Crippen LogP) is 2.60. The lowest BCUT2D eigenvalue weighted by molar-refractivity contribution is -0.118. The number of hydrogen-bond acceptors (Lipinski definition) is 3. The molecule has 0 saturated carbocycles. The number of carbonyl (C=O) groups is 2. The van der Waals surface area contributed by atoms with Crippen molar-refractivity contribution in [2.75, 3.05) is 11.9 Å². The van der Waals surface area contributed by atoms with Crippen LogP contribution in [0.4, 0.5) is 10.1 Å². The Morgan fingerprint density at radius 1 is 1.18 bits per heavy atom. The van der Waals surface area contributed by atoms with Crippen LogP contribution in [0.5, 0.6) is 5.75 Å². The van der Waals surface area contributed by atoms with Gasteiger partial charge in [0.15, 0.2) is 18.2 Å². The third-order valence-electron chi connectivity index (χ3n) is 2.73. The van der Waals surface area contributed by atoms with Crippen molar-refractivity contribution >= 4 is 29.1 Å². The summed E-state index contributed by atoms with van der Waals surface area (Å²) in [5, 5.41) is 2.58. The maximum absolute atomic E-state index is 13.4. The summed E-state index contributed by atoms with van der Waals surface area (Å²) >= 11 is 5.87. The number of benzene rings is 2. The SMILES string of the molecule is NC(=O)c1c(Cl)cccc1NC(=O)COc1ccccc1F. The van der Waals surface area contributed by atoms with Crippen molar-refractivity contribution in [1.29, 1.82) is 0 Å². The third kappa shape index (κ3) is 3.73. The maximum Gasteiger partial charge on any atom is 0.262 e. The number of nitrogens with two attached hydrogens (primary N) is 1. The molecule has 22 heavy (non-hydrogen) atoms. The topological polar surface area (TPSA) is 81.4 Å². The van der Waals surface area contributed by atoms with E-state index in [4.69, 9.17) is 22.1 Å². The standard InChI is InChI=1S/C15H12ClFN2O3/c16-9-4-3-6-11(14(9)15(18)21)19-13(20)8-22-12-7-2-1-5-10(12)17/h1-7H,8H2,(H2,18,21)(H,19,20). The molecule has 0 aliphatic heterocycles. The van der Waals surface area contributed by atoms with Gasteiger partial charge in [0.2, 0.25) is 0 Å². The first-order valence-corrected chi connectivity index (χ1v) is 6.62. The molecule has 2 rings (SSSR count). The minimum Gasteiger partial charge on any atom is -0.481 e. The minimum atomic E-state index is -0.768. The van der Waals surface area contributed by atoms with Gasteiger partial charge in [-0.1, -0.05) is 29.8 Å². The van der Waals surface area contributed by atoms with Crippen molar-refractivity contribution in [3.63, 3.8) is 0 Å². The fourth-order valence-electron chi connectivity index (χ4n) is 1.77. The molecule has 114 valence electrons. The maximum atomic E-state index is 13.4. The zero-order valence-corrected chi connectivity index (χ0v) is 12.1. The summed E-state index contributed by atoms with van der Waals surface area (Å²) in [4.78, 5) is 23.2. The zero-order valence-electron chi connectivity index (χ0n) is 11.3. The van der Waals surface area contributed by atoms with E-state index in [1.54, 1.807) is 12.1 Å². The van der Waals surface area contributed by atoms with Gasteiger partial charge in [-0.15, -0.1) is 0 Å². The van der Waals surface area contributed by atoms with Gasteiger partial charge >= 0.3 is 0 Å². The molecule has 2 amide bonds. The summed E-state index contributed by atoms with van der Waals surface area (Å²) in [6, 6.07) is 10.2. The van der Waals surface area contributed by atoms with Crippen LogP contribution in [-0.2, 0) is 4.79 Å². The Bertz CT molecular complexity index is 722. The minimum absolute atomic E-state index is 0.00316. The highest BCUT2D eigenvalue weighted by Crippen LogP contribution is 2.24. The first-order valence-electron chi connectivity index (χ1n) is 6.24. The van der Waals surface area contributed by atoms with Crippen LogP contribution in [-0.4, -0.2) is 18.4 Å². The summed E-state index contributed by atoms with van der Waals surface area (Å²) in [6.07, 6.45) is 0. The number of hydrogen-bond donors (Lipinski definition) is 2. The monoisotopic (exact) mass is 322 g/mol. The summed E-state index contributed by atoms with van der Waals surface area (Å²) in [5.41, 5.74) is 5.39. The van der Waals surface area contributed by atoms with Gasteiger partial charge in [0.05, 0.1) is 16.3 Å². The molecule has 0 radical (unpaired) electrons. The Morgan fingerprint density at radius 3 is 2.59 bits per heavy atom. The number of halogens is 2. The number of para-hydroxylation sites is 1. The van der Waals surface area contributed by atoms with Crippen LogP contribution < -0.4 is 15.8 Å². The molecule has 0 bridgehead atoms. The van der Waals surface area contributed by atoms with E-state index in [-0.39, 0.29) is 22.0 Å². The zero-order chi connectivity index (χ0) is 16.1. The highest BCUT2D eigenvalue weighted by Gasteiger charge is 2.15. The van der Waals surface area contributed by atoms with E-state index in [0.29, 0.717) is 0 Å². The van der Waals surface area contributed by atoms with E-state index >= 15 is 0 Å². The van der Waals surface area contributed by atoms with Gasteiger partial charge in [-0.25, -0.2) is 4.39 Å². The van der Waals surface area contributed by atoms with Crippen LogP contribution in [0.1, 0.15) is 10.4 Å². The lowest BCUT2D eigenvalue weighted by Gasteiger charge is -2.11. The predicted molar refractivity (Wildman–Crippen MR) is 80.5 cm³/mol. The quantitative estimate of drug-likeness (QED) is 0.887. The van der Waals surface area contributed by atoms with Crippen LogP contribution in [0.3, 0.4) is 0 Å². The molecule has 0 fully saturated rings. The fraction of sp³-hybridized carbons (Fsp3) is 0.0667. The van der Waals surface area contributed by atoms with Gasteiger partial charge in [-0.3, -0.25) is 9.59 Å². The Balaban J connectivity index is 2.06. The molecule has 0 aliphatic carbocycles. The van der Waals surface area contributed by atoms with E-state index in [1.165, 1.54) is 30.3 Å². The largest absolute Gasteiger partial charge is 0.481 e. The van der Waals surface area contributed by atoms with Crippen LogP contribution in [0.2, 0.25) is 5.02 Å². The first-order chi connectivity index (χ1) is 10.5. The molecule has 5 nitrogen and oxygen atoms in total. The van der Waals surface area contributed by atoms with Gasteiger partial charge in [-0.2, -0.15) is 0 Å². The van der Waals surface area contributed by atoms with E-state index in [0.717, 1.165) is 0 Å². The molecule has 2 aromatic rings. The third-order valence-corrected chi connectivity index (χ3v) is 3.04. The summed E-state index contributed by atoms with van der Waals surface area (Å²) < 4.78 is 18.4. The molecule has 7 heteroatoms. The molecule has 3 N–H and O–H groups in total. The molecule has 0 atom stereocenters. The van der Waals surface area contributed by atoms with Crippen molar-refractivity contribution in [2.45, 2.75) is 0 Å². The number of carbonyl (C=O) groups excluding carboxylic acids is 2. The van der Waals surface area contributed by atoms with E-state index < -0.39 is 24.2 Å². The average molecular weight is 323 g/mol. The second-order valence-electron chi connectivity index (χ2n) is 4.29. The first kappa shape index (κ1) is 15.8. The number of ether oxygens (including phenoxy) is 1. The number of amides is 2. The molecule has 0 spiro atoms. The van der Waals surface area contributed by atoms with E-state index in [9.17, 15) is 14.0 Å². The summed E-state index contributed by atoms with van der Waals surface area (Å²) in [5.74, 6) is -1.96. The summed E-state index contributed by atoms with van der Waals surface area (Å²) in [6.45, 7) is -0.425. The highest BCUT2D eigenvalue weighted by atomic mass is 35.5. The van der Waals surface area contributed by atoms with Crippen LogP contribution >= 0.6 is 11.6 Å². The van der Waals surface area contributed by atoms with Crippen LogP contribution in [0.25, 0.3) is 0 Å². The Labute approximate surface area is 130 Å². The second-order valence-corrected chi connectivity index (χ2v) is 4.70. The number of nitrogens with one attached hydrogen (secondary N) is 1. The highest BCUT2D eigenvalue weighted by molar-refractivity contribution is 6.34. The second kappa shape index (κ2) is 6.91. The number of anilines is 1. The molecule has 2 aromatic carbocycles. The molecule has 0 aliphatic rings. The average Bonchev–Trinajstić information content (AvgIpc) is 2.46. The van der Waals surface area contributed by atoms with Crippen molar-refractivity contribution in [2.24, 2.45) is 5.73 Å². The van der Waals surface area contributed by atoms with Crippen LogP contribution in [0, 0.1) is 5.82 Å². The Morgan fingerprint density at radius 2 is 1.91 bits per heavy atom. The van der Waals surface area contributed by atoms with Crippen molar-refractivity contribution in [3.05, 3.63) is 58.9 Å². The Hall–Kier alpha value is -2.60. The molecule has 0 saturated heterocycles. The van der Waals surface area contributed by atoms with Gasteiger partial charge < -0.3 is 15.8 Å².